The lowest BCUT2D eigenvalue weighted by Crippen LogP contribution is -2.46. The molecule has 1 unspecified atom stereocenters. The molecule has 1 aromatic carbocycles. The van der Waals surface area contributed by atoms with Gasteiger partial charge in [-0.1, -0.05) is 24.1 Å². The standard InChI is InChI=1S/C39H53N7O4/c1-24(2)50-38(48)42-37(45-17-14-29(22-45)28-12-15-40-16-13-28)41-21-27(5)33-34(30-19-25(3)18-26(4)20-30)43-44-35(33)49-23-39(6,7)36(47)46-31-8-9-32(46)11-10-31/h12-13,15-16,18-20,24,27,29,31-32H,8-11,14,17,21-23H2,1-7H3,(H,43,44)(H,41,42,48)/t27-,29?,31?,32?/m1/s1. The Morgan fingerprint density at radius 3 is 2.32 bits per heavy atom. The van der Waals surface area contributed by atoms with Gasteiger partial charge in [0.15, 0.2) is 0 Å². The number of aryl methyl sites for hydroxylation is 2. The highest BCUT2D eigenvalue weighted by Gasteiger charge is 2.46. The van der Waals surface area contributed by atoms with Crippen molar-refractivity contribution in [3.05, 3.63) is 65.0 Å². The summed E-state index contributed by atoms with van der Waals surface area (Å²) >= 11 is 0. The van der Waals surface area contributed by atoms with Crippen LogP contribution in [0.4, 0.5) is 4.79 Å². The molecule has 11 heteroatoms. The summed E-state index contributed by atoms with van der Waals surface area (Å²) in [5.74, 6) is 1.27. The quantitative estimate of drug-likeness (QED) is 0.179. The fourth-order valence-corrected chi connectivity index (χ4v) is 7.87. The summed E-state index contributed by atoms with van der Waals surface area (Å²) in [6.07, 6.45) is 8.18. The largest absolute Gasteiger partial charge is 0.475 e. The van der Waals surface area contributed by atoms with Crippen LogP contribution in [0.15, 0.2) is 47.7 Å². The lowest BCUT2D eigenvalue weighted by Gasteiger charge is -2.32. The number of nitrogens with one attached hydrogen (secondary N) is 2. The van der Waals surface area contributed by atoms with Gasteiger partial charge in [0.2, 0.25) is 17.7 Å². The normalized spacial score (nSPS) is 21.2. The Labute approximate surface area is 296 Å². The maximum Gasteiger partial charge on any atom is 0.414 e. The van der Waals surface area contributed by atoms with E-state index in [1.807, 2.05) is 52.2 Å². The number of aromatic nitrogens is 3. The average molecular weight is 684 g/mol. The highest BCUT2D eigenvalue weighted by Crippen LogP contribution is 2.41. The van der Waals surface area contributed by atoms with Crippen molar-refractivity contribution in [1.82, 2.24) is 30.3 Å². The number of carbonyl (C=O) groups is 2. The van der Waals surface area contributed by atoms with E-state index in [0.717, 1.165) is 73.1 Å². The van der Waals surface area contributed by atoms with E-state index in [9.17, 15) is 9.59 Å². The van der Waals surface area contributed by atoms with Gasteiger partial charge in [-0.05, 0) is 103 Å². The number of pyridine rings is 1. The van der Waals surface area contributed by atoms with Crippen LogP contribution in [-0.4, -0.2) is 87.4 Å². The van der Waals surface area contributed by atoms with Crippen molar-refractivity contribution in [1.29, 1.82) is 0 Å². The molecule has 2 atom stereocenters. The summed E-state index contributed by atoms with van der Waals surface area (Å²) in [6, 6.07) is 11.2. The third-order valence-electron chi connectivity index (χ3n) is 10.3. The highest BCUT2D eigenvalue weighted by molar-refractivity contribution is 5.94. The molecule has 6 rings (SSSR count). The zero-order valence-corrected chi connectivity index (χ0v) is 30.7. The number of aliphatic imine (C=N–C) groups is 1. The second-order valence-corrected chi connectivity index (χ2v) is 15.4. The molecule has 3 saturated heterocycles. The van der Waals surface area contributed by atoms with Crippen LogP contribution in [0.2, 0.25) is 0 Å². The molecule has 3 fully saturated rings. The fourth-order valence-electron chi connectivity index (χ4n) is 7.87. The van der Waals surface area contributed by atoms with Crippen LogP contribution in [0.3, 0.4) is 0 Å². The molecule has 0 radical (unpaired) electrons. The second-order valence-electron chi connectivity index (χ2n) is 15.4. The van der Waals surface area contributed by atoms with Crippen molar-refractivity contribution in [2.24, 2.45) is 10.4 Å². The predicted molar refractivity (Wildman–Crippen MR) is 194 cm³/mol. The maximum absolute atomic E-state index is 13.8. The zero-order chi connectivity index (χ0) is 35.6. The van der Waals surface area contributed by atoms with Crippen molar-refractivity contribution in [2.75, 3.05) is 26.2 Å². The van der Waals surface area contributed by atoms with Gasteiger partial charge in [0, 0.05) is 67.1 Å². The van der Waals surface area contributed by atoms with E-state index >= 15 is 0 Å². The molecule has 0 spiro atoms. The number of benzene rings is 1. The topological polar surface area (TPSA) is 125 Å². The molecule has 11 nitrogen and oxygen atoms in total. The highest BCUT2D eigenvalue weighted by atomic mass is 16.6. The Hall–Kier alpha value is -4.41. The van der Waals surface area contributed by atoms with Crippen molar-refractivity contribution in [3.63, 3.8) is 0 Å². The van der Waals surface area contributed by atoms with E-state index in [0.29, 0.717) is 36.4 Å². The molecule has 0 saturated carbocycles. The number of likely N-dealkylation sites (tertiary alicyclic amines) is 1. The molecule has 2 amide bonds. The maximum atomic E-state index is 13.8. The molecular weight excluding hydrogens is 630 g/mol. The number of alkyl carbamates (subject to hydrolysis) is 1. The smallest absolute Gasteiger partial charge is 0.414 e. The molecule has 50 heavy (non-hydrogen) atoms. The first kappa shape index (κ1) is 35.4. The summed E-state index contributed by atoms with van der Waals surface area (Å²) in [6.45, 7) is 15.9. The molecule has 2 bridgehead atoms. The number of H-pyrrole nitrogens is 1. The minimum absolute atomic E-state index is 0.149. The van der Waals surface area contributed by atoms with Gasteiger partial charge < -0.3 is 19.3 Å². The van der Waals surface area contributed by atoms with Crippen LogP contribution in [0.25, 0.3) is 11.3 Å². The summed E-state index contributed by atoms with van der Waals surface area (Å²) in [5, 5.41) is 10.9. The minimum atomic E-state index is -0.710. The third kappa shape index (κ3) is 7.81. The van der Waals surface area contributed by atoms with Crippen LogP contribution < -0.4 is 10.1 Å². The van der Waals surface area contributed by atoms with E-state index in [1.54, 1.807) is 0 Å². The number of fused-ring (bicyclic) bond motifs is 2. The van der Waals surface area contributed by atoms with Crippen LogP contribution >= 0.6 is 0 Å². The first-order chi connectivity index (χ1) is 23.9. The number of hydrogen-bond donors (Lipinski definition) is 2. The SMILES string of the molecule is Cc1cc(C)cc(-c2[nH]nc(OCC(C)(C)C(=O)N3C4CCC3CC4)c2[C@H](C)CN=C(NC(=O)OC(C)C)N2CCC(c3ccncc3)C2)c1. The summed E-state index contributed by atoms with van der Waals surface area (Å²) in [5.41, 5.74) is 5.57. The summed E-state index contributed by atoms with van der Waals surface area (Å²) in [4.78, 5) is 40.1. The first-order valence-corrected chi connectivity index (χ1v) is 18.2. The monoisotopic (exact) mass is 683 g/mol. The van der Waals surface area contributed by atoms with E-state index in [4.69, 9.17) is 14.5 Å². The minimum Gasteiger partial charge on any atom is -0.475 e. The summed E-state index contributed by atoms with van der Waals surface area (Å²) in [7, 11) is 0. The fraction of sp³-hybridized carbons (Fsp3) is 0.564. The number of ether oxygens (including phenoxy) is 2. The molecule has 3 aromatic rings. The van der Waals surface area contributed by atoms with Gasteiger partial charge in [-0.2, -0.15) is 0 Å². The lowest BCUT2D eigenvalue weighted by atomic mass is 9.92. The van der Waals surface area contributed by atoms with Crippen molar-refractivity contribution < 1.29 is 19.1 Å². The number of guanidine groups is 1. The molecule has 0 aliphatic carbocycles. The van der Waals surface area contributed by atoms with Gasteiger partial charge >= 0.3 is 6.09 Å². The molecule has 2 N–H and O–H groups in total. The average Bonchev–Trinajstić information content (AvgIpc) is 3.89. The van der Waals surface area contributed by atoms with Gasteiger partial charge in [-0.15, -0.1) is 5.10 Å². The number of aromatic amines is 1. The van der Waals surface area contributed by atoms with Crippen molar-refractivity contribution >= 4 is 18.0 Å². The molecule has 5 heterocycles. The summed E-state index contributed by atoms with van der Waals surface area (Å²) < 4.78 is 11.9. The number of hydrogen-bond acceptors (Lipinski definition) is 7. The lowest BCUT2D eigenvalue weighted by molar-refractivity contribution is -0.143. The molecule has 3 aliphatic heterocycles. The molecule has 2 aromatic heterocycles. The Morgan fingerprint density at radius 2 is 1.68 bits per heavy atom. The third-order valence-corrected chi connectivity index (χ3v) is 10.3. The van der Waals surface area contributed by atoms with Gasteiger partial charge in [0.1, 0.15) is 6.61 Å². The Morgan fingerprint density at radius 1 is 1.02 bits per heavy atom. The van der Waals surface area contributed by atoms with Crippen LogP contribution in [-0.2, 0) is 9.53 Å². The number of rotatable bonds is 10. The van der Waals surface area contributed by atoms with E-state index < -0.39 is 11.5 Å². The zero-order valence-electron chi connectivity index (χ0n) is 30.7. The van der Waals surface area contributed by atoms with Crippen LogP contribution in [0, 0.1) is 19.3 Å². The van der Waals surface area contributed by atoms with E-state index in [-0.39, 0.29) is 24.5 Å². The number of nitrogens with zero attached hydrogens (tertiary/aromatic N) is 5. The first-order valence-electron chi connectivity index (χ1n) is 18.2. The number of carbonyl (C=O) groups excluding carboxylic acids is 2. The van der Waals surface area contributed by atoms with Crippen molar-refractivity contribution in [2.45, 2.75) is 111 Å². The van der Waals surface area contributed by atoms with Crippen LogP contribution in [0.1, 0.15) is 101 Å². The Kier molecular flexibility index (Phi) is 10.5. The van der Waals surface area contributed by atoms with E-state index in [1.165, 1.54) is 5.56 Å². The molecular formula is C39H53N7O4. The van der Waals surface area contributed by atoms with Gasteiger partial charge in [0.05, 0.1) is 17.2 Å². The predicted octanol–water partition coefficient (Wildman–Crippen LogP) is 6.73. The van der Waals surface area contributed by atoms with Gasteiger partial charge in [0.25, 0.3) is 0 Å². The Balaban J connectivity index is 1.26. The van der Waals surface area contributed by atoms with Gasteiger partial charge in [-0.3, -0.25) is 25.2 Å². The Bertz CT molecular complexity index is 1660. The van der Waals surface area contributed by atoms with Crippen molar-refractivity contribution in [3.8, 4) is 17.1 Å². The second kappa shape index (κ2) is 14.8. The van der Waals surface area contributed by atoms with Crippen LogP contribution in [0.5, 0.6) is 5.88 Å². The molecule has 3 aliphatic rings. The van der Waals surface area contributed by atoms with E-state index in [2.05, 4.69) is 69.3 Å². The van der Waals surface area contributed by atoms with Gasteiger partial charge in [-0.25, -0.2) is 4.79 Å². The molecule has 268 valence electrons. The number of amides is 2.